The number of nitrogens with one attached hydrogen (secondary N) is 1. The lowest BCUT2D eigenvalue weighted by Crippen LogP contribution is -2.52. The van der Waals surface area contributed by atoms with Gasteiger partial charge >= 0.3 is 0 Å². The van der Waals surface area contributed by atoms with Gasteiger partial charge in [-0.15, -0.1) is 0 Å². The van der Waals surface area contributed by atoms with E-state index in [1.807, 2.05) is 71.0 Å². The fourth-order valence-electron chi connectivity index (χ4n) is 3.77. The number of carbonyl (C=O) groups excluding carboxylic acids is 2. The van der Waals surface area contributed by atoms with Crippen LogP contribution in [0.1, 0.15) is 57.2 Å². The van der Waals surface area contributed by atoms with Gasteiger partial charge in [0.2, 0.25) is 21.8 Å². The van der Waals surface area contributed by atoms with Gasteiger partial charge in [0.05, 0.1) is 11.9 Å². The van der Waals surface area contributed by atoms with E-state index in [0.29, 0.717) is 18.7 Å². The maximum Gasteiger partial charge on any atom is 0.242 e. The monoisotopic (exact) mass is 501 g/mol. The summed E-state index contributed by atoms with van der Waals surface area (Å²) in [4.78, 5) is 27.8. The Morgan fingerprint density at radius 1 is 1.00 bits per heavy atom. The van der Waals surface area contributed by atoms with Crippen molar-refractivity contribution < 1.29 is 18.0 Å². The van der Waals surface area contributed by atoms with Crippen LogP contribution in [0.4, 0.5) is 5.69 Å². The molecule has 7 nitrogen and oxygen atoms in total. The molecule has 0 aliphatic rings. The van der Waals surface area contributed by atoms with E-state index in [0.717, 1.165) is 16.7 Å². The fraction of sp³-hybridized carbons (Fsp3) is 0.481. The zero-order valence-corrected chi connectivity index (χ0v) is 22.8. The summed E-state index contributed by atoms with van der Waals surface area (Å²) in [6.45, 7) is 11.7. The van der Waals surface area contributed by atoms with E-state index >= 15 is 0 Å². The Labute approximate surface area is 210 Å². The Hall–Kier alpha value is -2.87. The van der Waals surface area contributed by atoms with E-state index in [1.165, 1.54) is 10.6 Å². The minimum atomic E-state index is -3.52. The molecule has 0 spiro atoms. The van der Waals surface area contributed by atoms with Crippen molar-refractivity contribution >= 4 is 27.5 Å². The second kappa shape index (κ2) is 11.7. The molecular formula is C27H39N3O4S. The second-order valence-corrected chi connectivity index (χ2v) is 12.1. The number of hydrogen-bond donors (Lipinski definition) is 1. The van der Waals surface area contributed by atoms with E-state index < -0.39 is 21.6 Å². The number of aryl methyl sites for hydroxylation is 2. The van der Waals surface area contributed by atoms with Crippen LogP contribution in [-0.4, -0.2) is 49.5 Å². The molecule has 1 atom stereocenters. The molecule has 0 aliphatic heterocycles. The van der Waals surface area contributed by atoms with Gasteiger partial charge < -0.3 is 10.2 Å². The van der Waals surface area contributed by atoms with Gasteiger partial charge in [0, 0.05) is 25.0 Å². The highest BCUT2D eigenvalue weighted by atomic mass is 32.2. The fourth-order valence-corrected chi connectivity index (χ4v) is 4.80. The maximum absolute atomic E-state index is 13.3. The topological polar surface area (TPSA) is 86.8 Å². The van der Waals surface area contributed by atoms with Gasteiger partial charge in [-0.05, 0) is 65.2 Å². The van der Waals surface area contributed by atoms with Crippen molar-refractivity contribution in [1.82, 2.24) is 10.2 Å². The number of nitrogens with zero attached hydrogens (tertiary/aromatic N) is 2. The highest BCUT2D eigenvalue weighted by molar-refractivity contribution is 7.92. The first-order valence-electron chi connectivity index (χ1n) is 11.9. The molecule has 8 heteroatoms. The molecular weight excluding hydrogens is 462 g/mol. The smallest absolute Gasteiger partial charge is 0.242 e. The van der Waals surface area contributed by atoms with Crippen LogP contribution in [-0.2, 0) is 26.2 Å². The largest absolute Gasteiger partial charge is 0.350 e. The number of benzene rings is 2. The summed E-state index contributed by atoms with van der Waals surface area (Å²) in [5.74, 6) is -0.420. The number of para-hydroxylation sites is 1. The summed E-state index contributed by atoms with van der Waals surface area (Å²) >= 11 is 0. The first-order chi connectivity index (χ1) is 16.2. The molecule has 35 heavy (non-hydrogen) atoms. The standard InChI is InChI=1S/C27H39N3O4S/c1-20-14-16-23(17-15-20)19-29(22(3)26(32)28-27(4,5)6)25(31)13-10-18-30(35(7,33)34)24-12-9-8-11-21(24)2/h8-9,11-12,14-17,22H,10,13,18-19H2,1-7H3,(H,28,32). The first-order valence-corrected chi connectivity index (χ1v) is 13.7. The van der Waals surface area contributed by atoms with Crippen molar-refractivity contribution in [2.45, 2.75) is 72.5 Å². The van der Waals surface area contributed by atoms with Crippen LogP contribution < -0.4 is 9.62 Å². The third kappa shape index (κ3) is 8.69. The predicted octanol–water partition coefficient (Wildman–Crippen LogP) is 4.18. The Bertz CT molecular complexity index is 1120. The van der Waals surface area contributed by atoms with E-state index in [4.69, 9.17) is 0 Å². The van der Waals surface area contributed by atoms with E-state index in [9.17, 15) is 18.0 Å². The molecule has 2 aromatic rings. The molecule has 0 radical (unpaired) electrons. The minimum absolute atomic E-state index is 0.122. The molecule has 1 unspecified atom stereocenters. The number of hydrogen-bond acceptors (Lipinski definition) is 4. The van der Waals surface area contributed by atoms with Crippen LogP contribution >= 0.6 is 0 Å². The maximum atomic E-state index is 13.3. The summed E-state index contributed by atoms with van der Waals surface area (Å²) in [5, 5.41) is 2.95. The predicted molar refractivity (Wildman–Crippen MR) is 142 cm³/mol. The van der Waals surface area contributed by atoms with Crippen molar-refractivity contribution in [1.29, 1.82) is 0 Å². The molecule has 192 valence electrons. The normalized spacial score (nSPS) is 12.7. The van der Waals surface area contributed by atoms with Crippen LogP contribution in [0.25, 0.3) is 0 Å². The molecule has 0 saturated carbocycles. The van der Waals surface area contributed by atoms with Gasteiger partial charge in [0.1, 0.15) is 6.04 Å². The SMILES string of the molecule is Cc1ccc(CN(C(=O)CCCN(c2ccccc2C)S(C)(=O)=O)C(C)C(=O)NC(C)(C)C)cc1. The third-order valence-electron chi connectivity index (χ3n) is 5.68. The van der Waals surface area contributed by atoms with Gasteiger partial charge in [-0.1, -0.05) is 48.0 Å². The lowest BCUT2D eigenvalue weighted by molar-refractivity contribution is -0.141. The number of anilines is 1. The zero-order chi connectivity index (χ0) is 26.4. The average Bonchev–Trinajstić information content (AvgIpc) is 2.74. The number of amides is 2. The van der Waals surface area contributed by atoms with Crippen LogP contribution in [0.15, 0.2) is 48.5 Å². The molecule has 0 bridgehead atoms. The van der Waals surface area contributed by atoms with Gasteiger partial charge in [0.25, 0.3) is 0 Å². The summed E-state index contributed by atoms with van der Waals surface area (Å²) < 4.78 is 26.3. The summed E-state index contributed by atoms with van der Waals surface area (Å²) in [5.41, 5.74) is 3.07. The molecule has 0 aromatic heterocycles. The molecule has 0 aliphatic carbocycles. The lowest BCUT2D eigenvalue weighted by atomic mass is 10.1. The molecule has 1 N–H and O–H groups in total. The Morgan fingerprint density at radius 2 is 1.60 bits per heavy atom. The minimum Gasteiger partial charge on any atom is -0.350 e. The Morgan fingerprint density at radius 3 is 2.14 bits per heavy atom. The van der Waals surface area contributed by atoms with Crippen molar-refractivity contribution in [2.75, 3.05) is 17.1 Å². The molecule has 0 heterocycles. The van der Waals surface area contributed by atoms with Crippen molar-refractivity contribution in [3.8, 4) is 0 Å². The average molecular weight is 502 g/mol. The molecule has 2 amide bonds. The van der Waals surface area contributed by atoms with Crippen LogP contribution in [0, 0.1) is 13.8 Å². The molecule has 0 fully saturated rings. The van der Waals surface area contributed by atoms with Crippen molar-refractivity contribution in [2.24, 2.45) is 0 Å². The van der Waals surface area contributed by atoms with Crippen molar-refractivity contribution in [3.05, 3.63) is 65.2 Å². The highest BCUT2D eigenvalue weighted by Gasteiger charge is 2.28. The van der Waals surface area contributed by atoms with Gasteiger partial charge in [-0.25, -0.2) is 8.42 Å². The van der Waals surface area contributed by atoms with Gasteiger partial charge in [0.15, 0.2) is 0 Å². The van der Waals surface area contributed by atoms with Gasteiger partial charge in [-0.2, -0.15) is 0 Å². The zero-order valence-electron chi connectivity index (χ0n) is 22.0. The Kier molecular flexibility index (Phi) is 9.49. The van der Waals surface area contributed by atoms with Crippen LogP contribution in [0.3, 0.4) is 0 Å². The van der Waals surface area contributed by atoms with Crippen LogP contribution in [0.5, 0.6) is 0 Å². The second-order valence-electron chi connectivity index (χ2n) is 10.1. The van der Waals surface area contributed by atoms with E-state index in [2.05, 4.69) is 5.32 Å². The lowest BCUT2D eigenvalue weighted by Gasteiger charge is -2.32. The van der Waals surface area contributed by atoms with Crippen LogP contribution in [0.2, 0.25) is 0 Å². The Balaban J connectivity index is 2.19. The number of carbonyl (C=O) groups is 2. The number of rotatable bonds is 10. The molecule has 0 saturated heterocycles. The van der Waals surface area contributed by atoms with Crippen molar-refractivity contribution in [3.63, 3.8) is 0 Å². The first kappa shape index (κ1) is 28.4. The highest BCUT2D eigenvalue weighted by Crippen LogP contribution is 2.23. The molecule has 2 rings (SSSR count). The summed E-state index contributed by atoms with van der Waals surface area (Å²) in [7, 11) is -3.52. The van der Waals surface area contributed by atoms with E-state index in [-0.39, 0.29) is 24.8 Å². The quantitative estimate of drug-likeness (QED) is 0.529. The third-order valence-corrected chi connectivity index (χ3v) is 6.86. The van der Waals surface area contributed by atoms with Gasteiger partial charge in [-0.3, -0.25) is 13.9 Å². The molecule has 2 aromatic carbocycles. The number of sulfonamides is 1. The summed E-state index contributed by atoms with van der Waals surface area (Å²) in [6.07, 6.45) is 1.62. The van der Waals surface area contributed by atoms with E-state index in [1.54, 1.807) is 24.0 Å². The summed E-state index contributed by atoms with van der Waals surface area (Å²) in [6, 6.07) is 14.5.